The summed E-state index contributed by atoms with van der Waals surface area (Å²) in [6.07, 6.45) is -0.470. The molecule has 0 saturated carbocycles. The van der Waals surface area contributed by atoms with Crippen LogP contribution in [0.25, 0.3) is 0 Å². The molecule has 0 aromatic heterocycles. The smallest absolute Gasteiger partial charge is 0.173 e. The molecule has 68 valence electrons. The molecule has 0 spiro atoms. The molecule has 3 nitrogen and oxygen atoms in total. The lowest BCUT2D eigenvalue weighted by Crippen LogP contribution is -2.36. The van der Waals surface area contributed by atoms with Crippen LogP contribution in [0.1, 0.15) is 13.8 Å². The van der Waals surface area contributed by atoms with Crippen LogP contribution >= 0.6 is 0 Å². The molecular formula is C9H14O3. The van der Waals surface area contributed by atoms with E-state index in [2.05, 4.69) is 6.58 Å². The van der Waals surface area contributed by atoms with E-state index in [1.165, 1.54) is 14.0 Å². The molecule has 0 amide bonds. The summed E-state index contributed by atoms with van der Waals surface area (Å²) in [5.41, 5.74) is 0.135. The Kier molecular flexibility index (Phi) is 2.35. The summed E-state index contributed by atoms with van der Waals surface area (Å²) in [5, 5.41) is 0. The van der Waals surface area contributed by atoms with Crippen molar-refractivity contribution in [2.75, 3.05) is 13.7 Å². The van der Waals surface area contributed by atoms with Gasteiger partial charge in [-0.3, -0.25) is 4.79 Å². The Morgan fingerprint density at radius 1 is 1.83 bits per heavy atom. The van der Waals surface area contributed by atoms with Gasteiger partial charge in [0, 0.05) is 7.11 Å². The van der Waals surface area contributed by atoms with E-state index in [0.29, 0.717) is 6.61 Å². The van der Waals surface area contributed by atoms with Crippen molar-refractivity contribution in [2.45, 2.75) is 20.1 Å². The highest BCUT2D eigenvalue weighted by molar-refractivity contribution is 5.86. The zero-order valence-corrected chi connectivity index (χ0v) is 7.72. The highest BCUT2D eigenvalue weighted by Crippen LogP contribution is 2.39. The Hall–Kier alpha value is -0.670. The Bertz CT molecular complexity index is 222. The lowest BCUT2D eigenvalue weighted by atomic mass is 9.81. The average molecular weight is 170 g/mol. The normalized spacial score (nSPS) is 35.6. The summed E-state index contributed by atoms with van der Waals surface area (Å²) < 4.78 is 10.3. The third-order valence-electron chi connectivity index (χ3n) is 2.56. The maximum Gasteiger partial charge on any atom is 0.173 e. The van der Waals surface area contributed by atoms with Gasteiger partial charge < -0.3 is 9.47 Å². The number of carbonyl (C=O) groups excluding carboxylic acids is 1. The first kappa shape index (κ1) is 9.42. The molecular weight excluding hydrogens is 156 g/mol. The van der Waals surface area contributed by atoms with E-state index in [0.717, 1.165) is 5.57 Å². The van der Waals surface area contributed by atoms with Crippen molar-refractivity contribution >= 4 is 5.78 Å². The number of methoxy groups -OCH3 is 1. The van der Waals surface area contributed by atoms with E-state index >= 15 is 0 Å². The molecule has 0 aliphatic carbocycles. The van der Waals surface area contributed by atoms with Gasteiger partial charge >= 0.3 is 0 Å². The van der Waals surface area contributed by atoms with Crippen molar-refractivity contribution in [1.29, 1.82) is 0 Å². The first-order valence-electron chi connectivity index (χ1n) is 3.87. The molecule has 1 aliphatic heterocycles. The van der Waals surface area contributed by atoms with Crippen LogP contribution in [-0.2, 0) is 14.3 Å². The molecule has 1 saturated heterocycles. The predicted octanol–water partition coefficient (Wildman–Crippen LogP) is 1.14. The summed E-state index contributed by atoms with van der Waals surface area (Å²) in [6, 6.07) is 0. The molecule has 3 heteroatoms. The summed E-state index contributed by atoms with van der Waals surface area (Å²) in [7, 11) is 1.53. The second-order valence-electron chi connectivity index (χ2n) is 3.24. The number of hydrogen-bond donors (Lipinski definition) is 0. The van der Waals surface area contributed by atoms with Gasteiger partial charge in [0.05, 0.1) is 12.0 Å². The zero-order valence-electron chi connectivity index (χ0n) is 7.72. The molecule has 0 bridgehead atoms. The first-order valence-corrected chi connectivity index (χ1v) is 3.87. The quantitative estimate of drug-likeness (QED) is 0.583. The Morgan fingerprint density at radius 2 is 2.42 bits per heavy atom. The number of Topliss-reactive ketones (excluding diaryl/α,β-unsaturated/α-hetero) is 1. The third-order valence-corrected chi connectivity index (χ3v) is 2.56. The van der Waals surface area contributed by atoms with Crippen molar-refractivity contribution in [3.05, 3.63) is 12.2 Å². The molecule has 0 aromatic rings. The minimum atomic E-state index is -0.658. The number of hydrogen-bond acceptors (Lipinski definition) is 3. The maximum atomic E-state index is 11.3. The molecule has 2 unspecified atom stereocenters. The largest absolute Gasteiger partial charge is 0.354 e. The van der Waals surface area contributed by atoms with Crippen molar-refractivity contribution < 1.29 is 14.3 Å². The van der Waals surface area contributed by atoms with Gasteiger partial charge in [0.25, 0.3) is 0 Å². The fourth-order valence-corrected chi connectivity index (χ4v) is 1.38. The van der Waals surface area contributed by atoms with Gasteiger partial charge in [-0.2, -0.15) is 0 Å². The lowest BCUT2D eigenvalue weighted by molar-refractivity contribution is -0.155. The van der Waals surface area contributed by atoms with E-state index in [1.807, 2.05) is 0 Å². The first-order chi connectivity index (χ1) is 5.53. The molecule has 1 rings (SSSR count). The average Bonchev–Trinajstić information content (AvgIpc) is 2.30. The fourth-order valence-electron chi connectivity index (χ4n) is 1.38. The van der Waals surface area contributed by atoms with Crippen LogP contribution < -0.4 is 0 Å². The Balaban J connectivity index is 2.96. The van der Waals surface area contributed by atoms with Gasteiger partial charge in [0.15, 0.2) is 6.29 Å². The molecule has 0 N–H and O–H groups in total. The van der Waals surface area contributed by atoms with Crippen LogP contribution in [0, 0.1) is 5.41 Å². The molecule has 0 aromatic carbocycles. The third kappa shape index (κ3) is 1.09. The highest BCUT2D eigenvalue weighted by atomic mass is 16.7. The molecule has 1 fully saturated rings. The van der Waals surface area contributed by atoms with Crippen LogP contribution in [0.15, 0.2) is 12.2 Å². The summed E-state index contributed by atoms with van der Waals surface area (Å²) in [6.45, 7) is 7.55. The van der Waals surface area contributed by atoms with E-state index in [9.17, 15) is 4.79 Å². The Morgan fingerprint density at radius 3 is 2.75 bits per heavy atom. The van der Waals surface area contributed by atoms with Gasteiger partial charge in [-0.25, -0.2) is 0 Å². The second kappa shape index (κ2) is 2.99. The Labute approximate surface area is 72.4 Å². The SMILES string of the molecule is C=C1COC(OC)C1(C)C(C)=O. The standard InChI is InChI=1S/C9H14O3/c1-6-5-12-8(11-4)9(6,3)7(2)10/h8H,1,5H2,2-4H3. The summed E-state index contributed by atoms with van der Waals surface area (Å²) >= 11 is 0. The van der Waals surface area contributed by atoms with Gasteiger partial charge in [0.1, 0.15) is 5.78 Å². The van der Waals surface area contributed by atoms with Crippen LogP contribution in [0.4, 0.5) is 0 Å². The minimum Gasteiger partial charge on any atom is -0.354 e. The van der Waals surface area contributed by atoms with Crippen LogP contribution in [-0.4, -0.2) is 25.8 Å². The molecule has 0 radical (unpaired) electrons. The topological polar surface area (TPSA) is 35.5 Å². The van der Waals surface area contributed by atoms with Gasteiger partial charge in [-0.1, -0.05) is 6.58 Å². The number of ketones is 1. The van der Waals surface area contributed by atoms with Crippen LogP contribution in [0.3, 0.4) is 0 Å². The van der Waals surface area contributed by atoms with E-state index in [-0.39, 0.29) is 5.78 Å². The zero-order chi connectivity index (χ0) is 9.35. The fraction of sp³-hybridized carbons (Fsp3) is 0.667. The van der Waals surface area contributed by atoms with Gasteiger partial charge in [-0.15, -0.1) is 0 Å². The van der Waals surface area contributed by atoms with Crippen molar-refractivity contribution in [2.24, 2.45) is 5.41 Å². The molecule has 1 aliphatic rings. The minimum absolute atomic E-state index is 0.0388. The predicted molar refractivity (Wildman–Crippen MR) is 44.7 cm³/mol. The van der Waals surface area contributed by atoms with E-state index in [4.69, 9.17) is 9.47 Å². The highest BCUT2D eigenvalue weighted by Gasteiger charge is 2.47. The van der Waals surface area contributed by atoms with Crippen LogP contribution in [0.2, 0.25) is 0 Å². The van der Waals surface area contributed by atoms with Crippen molar-refractivity contribution in [3.63, 3.8) is 0 Å². The van der Waals surface area contributed by atoms with Crippen molar-refractivity contribution in [3.8, 4) is 0 Å². The molecule has 12 heavy (non-hydrogen) atoms. The number of carbonyl (C=O) groups is 1. The monoisotopic (exact) mass is 170 g/mol. The molecule has 2 atom stereocenters. The molecule has 1 heterocycles. The van der Waals surface area contributed by atoms with E-state index in [1.54, 1.807) is 6.92 Å². The van der Waals surface area contributed by atoms with Crippen LogP contribution in [0.5, 0.6) is 0 Å². The number of rotatable bonds is 2. The maximum absolute atomic E-state index is 11.3. The van der Waals surface area contributed by atoms with Gasteiger partial charge in [-0.05, 0) is 19.4 Å². The lowest BCUT2D eigenvalue weighted by Gasteiger charge is -2.26. The van der Waals surface area contributed by atoms with Gasteiger partial charge in [0.2, 0.25) is 0 Å². The second-order valence-corrected chi connectivity index (χ2v) is 3.24. The number of ether oxygens (including phenoxy) is 2. The van der Waals surface area contributed by atoms with Crippen molar-refractivity contribution in [1.82, 2.24) is 0 Å². The van der Waals surface area contributed by atoms with E-state index < -0.39 is 11.7 Å². The summed E-state index contributed by atoms with van der Waals surface area (Å²) in [4.78, 5) is 11.3. The summed E-state index contributed by atoms with van der Waals surface area (Å²) in [5.74, 6) is 0.0388.